The highest BCUT2D eigenvalue weighted by atomic mass is 19.1. The molecular formula is C27H29F2N7O4. The van der Waals surface area contributed by atoms with Crippen molar-refractivity contribution in [1.82, 2.24) is 19.7 Å². The van der Waals surface area contributed by atoms with Crippen LogP contribution in [0.4, 0.5) is 20.2 Å². The van der Waals surface area contributed by atoms with Gasteiger partial charge in [-0.3, -0.25) is 9.48 Å². The number of anilines is 2. The average Bonchev–Trinajstić information content (AvgIpc) is 3.55. The topological polar surface area (TPSA) is 141 Å². The van der Waals surface area contributed by atoms with E-state index in [1.807, 2.05) is 4.90 Å². The lowest BCUT2D eigenvalue weighted by molar-refractivity contribution is 0.102. The van der Waals surface area contributed by atoms with Crippen molar-refractivity contribution < 1.29 is 28.2 Å². The Labute approximate surface area is 228 Å². The van der Waals surface area contributed by atoms with Gasteiger partial charge in [-0.1, -0.05) is 6.07 Å². The number of halogens is 2. The molecule has 2 atom stereocenters. The Morgan fingerprint density at radius 1 is 1.25 bits per heavy atom. The molecule has 2 aromatic heterocycles. The molecule has 2 aromatic carbocycles. The maximum absolute atomic E-state index is 15.5. The van der Waals surface area contributed by atoms with Crippen LogP contribution in [0.3, 0.4) is 0 Å². The summed E-state index contributed by atoms with van der Waals surface area (Å²) in [5, 5.41) is 17.6. The van der Waals surface area contributed by atoms with Gasteiger partial charge in [0, 0.05) is 37.3 Å². The number of nitrogens with two attached hydrogens (primary N) is 1. The van der Waals surface area contributed by atoms with Crippen molar-refractivity contribution in [1.29, 1.82) is 0 Å². The molecule has 0 bridgehead atoms. The molecule has 0 unspecified atom stereocenters. The van der Waals surface area contributed by atoms with Gasteiger partial charge in [0.25, 0.3) is 5.91 Å². The van der Waals surface area contributed by atoms with Crippen LogP contribution in [0.2, 0.25) is 0 Å². The maximum Gasteiger partial charge on any atom is 0.274 e. The zero-order valence-corrected chi connectivity index (χ0v) is 22.0. The highest BCUT2D eigenvalue weighted by Gasteiger charge is 2.34. The molecule has 0 aliphatic carbocycles. The number of methoxy groups -OCH3 is 2. The van der Waals surface area contributed by atoms with Gasteiger partial charge in [-0.05, 0) is 24.6 Å². The van der Waals surface area contributed by atoms with Crippen LogP contribution >= 0.6 is 0 Å². The standard InChI is InChI=1S/C27H29F2N7O4/c1-39-9-8-36-24-17(12-32-36)25(35-13-15(30)10-16(35)14-37)21(11-19(24)29)34-27(38)20-6-7-31-26(33-20)23-18(28)4-3-5-22(23)40-2/h3-7,11-12,15-16,37H,8-10,13-14,30H2,1-2H3,(H,34,38)/t15-,16-/m0/s1. The number of nitrogens with zero attached hydrogens (tertiary/aromatic N) is 5. The van der Waals surface area contributed by atoms with Crippen molar-refractivity contribution in [2.24, 2.45) is 5.73 Å². The molecule has 11 nitrogen and oxygen atoms in total. The number of amides is 1. The van der Waals surface area contributed by atoms with E-state index in [1.54, 1.807) is 13.2 Å². The van der Waals surface area contributed by atoms with Gasteiger partial charge in [-0.15, -0.1) is 0 Å². The van der Waals surface area contributed by atoms with Crippen LogP contribution in [-0.2, 0) is 11.3 Å². The summed E-state index contributed by atoms with van der Waals surface area (Å²) >= 11 is 0. The molecule has 5 rings (SSSR count). The summed E-state index contributed by atoms with van der Waals surface area (Å²) in [6.07, 6.45) is 3.36. The highest BCUT2D eigenvalue weighted by Crippen LogP contribution is 2.40. The van der Waals surface area contributed by atoms with E-state index in [0.29, 0.717) is 37.2 Å². The average molecular weight is 554 g/mol. The zero-order chi connectivity index (χ0) is 28.4. The van der Waals surface area contributed by atoms with Crippen LogP contribution in [0.5, 0.6) is 5.75 Å². The number of benzene rings is 2. The van der Waals surface area contributed by atoms with Gasteiger partial charge in [0.2, 0.25) is 0 Å². The summed E-state index contributed by atoms with van der Waals surface area (Å²) in [4.78, 5) is 23.7. The fourth-order valence-electron chi connectivity index (χ4n) is 5.05. The van der Waals surface area contributed by atoms with Gasteiger partial charge >= 0.3 is 0 Å². The Hall–Kier alpha value is -4.20. The third kappa shape index (κ3) is 5.06. The number of fused-ring (bicyclic) bond motifs is 1. The highest BCUT2D eigenvalue weighted by molar-refractivity contribution is 6.09. The first-order valence-electron chi connectivity index (χ1n) is 12.6. The second-order valence-electron chi connectivity index (χ2n) is 9.40. The van der Waals surface area contributed by atoms with Gasteiger partial charge in [0.15, 0.2) is 11.6 Å². The van der Waals surface area contributed by atoms with Gasteiger partial charge in [-0.25, -0.2) is 18.7 Å². The lowest BCUT2D eigenvalue weighted by atomic mass is 10.1. The van der Waals surface area contributed by atoms with Crippen LogP contribution in [0.1, 0.15) is 16.9 Å². The molecule has 1 saturated heterocycles. The van der Waals surface area contributed by atoms with Crippen molar-refractivity contribution in [3.05, 3.63) is 60.1 Å². The number of carbonyl (C=O) groups is 1. The van der Waals surface area contributed by atoms with Gasteiger partial charge in [0.05, 0.1) is 56.0 Å². The van der Waals surface area contributed by atoms with Crippen molar-refractivity contribution in [3.63, 3.8) is 0 Å². The van der Waals surface area contributed by atoms with E-state index in [1.165, 1.54) is 48.5 Å². The minimum Gasteiger partial charge on any atom is -0.496 e. The largest absolute Gasteiger partial charge is 0.496 e. The summed E-state index contributed by atoms with van der Waals surface area (Å²) in [7, 11) is 2.93. The third-order valence-electron chi connectivity index (χ3n) is 6.85. The number of nitrogens with one attached hydrogen (secondary N) is 1. The fraction of sp³-hybridized carbons (Fsp3) is 0.333. The summed E-state index contributed by atoms with van der Waals surface area (Å²) in [6.45, 7) is 0.829. The second kappa shape index (κ2) is 11.5. The summed E-state index contributed by atoms with van der Waals surface area (Å²) < 4.78 is 42.0. The number of ether oxygens (including phenoxy) is 2. The molecule has 4 aromatic rings. The van der Waals surface area contributed by atoms with Crippen molar-refractivity contribution in [3.8, 4) is 17.1 Å². The molecule has 13 heteroatoms. The molecule has 1 aliphatic heterocycles. The molecule has 0 spiro atoms. The van der Waals surface area contributed by atoms with E-state index in [9.17, 15) is 14.3 Å². The van der Waals surface area contributed by atoms with Crippen LogP contribution in [0, 0.1) is 11.6 Å². The van der Waals surface area contributed by atoms with Crippen LogP contribution < -0.4 is 20.7 Å². The first kappa shape index (κ1) is 27.4. The quantitative estimate of drug-likeness (QED) is 0.285. The van der Waals surface area contributed by atoms with Gasteiger partial charge < -0.3 is 30.5 Å². The van der Waals surface area contributed by atoms with Crippen LogP contribution in [0.15, 0.2) is 42.7 Å². The molecule has 0 saturated carbocycles. The minimum absolute atomic E-state index is 0.00752. The predicted octanol–water partition coefficient (Wildman–Crippen LogP) is 2.58. The first-order chi connectivity index (χ1) is 19.4. The SMILES string of the molecule is COCCn1ncc2c(N3C[C@@H](N)C[C@H]3CO)c(NC(=O)c3ccnc(-c4c(F)cccc4OC)n3)cc(F)c21. The fourth-order valence-corrected chi connectivity index (χ4v) is 5.05. The van der Waals surface area contributed by atoms with Crippen molar-refractivity contribution in [2.45, 2.75) is 25.0 Å². The van der Waals surface area contributed by atoms with Crippen LogP contribution in [0.25, 0.3) is 22.3 Å². The number of hydrogen-bond donors (Lipinski definition) is 3. The molecule has 4 N–H and O–H groups in total. The Kier molecular flexibility index (Phi) is 7.87. The lowest BCUT2D eigenvalue weighted by Crippen LogP contribution is -2.34. The van der Waals surface area contributed by atoms with E-state index >= 15 is 4.39 Å². The summed E-state index contributed by atoms with van der Waals surface area (Å²) in [5.74, 6) is -1.73. The molecular weight excluding hydrogens is 524 g/mol. The molecule has 40 heavy (non-hydrogen) atoms. The second-order valence-corrected chi connectivity index (χ2v) is 9.40. The van der Waals surface area contributed by atoms with Crippen molar-refractivity contribution >= 4 is 28.2 Å². The van der Waals surface area contributed by atoms with E-state index in [0.717, 1.165) is 0 Å². The minimum atomic E-state index is -0.672. The number of aliphatic hydroxyl groups excluding tert-OH is 1. The zero-order valence-electron chi connectivity index (χ0n) is 22.0. The lowest BCUT2D eigenvalue weighted by Gasteiger charge is -2.28. The Balaban J connectivity index is 1.57. The molecule has 210 valence electrons. The van der Waals surface area contributed by atoms with E-state index in [2.05, 4.69) is 20.4 Å². The number of aliphatic hydroxyl groups is 1. The Morgan fingerprint density at radius 3 is 2.83 bits per heavy atom. The summed E-state index contributed by atoms with van der Waals surface area (Å²) in [6, 6.07) is 6.28. The van der Waals surface area contributed by atoms with Crippen LogP contribution in [-0.4, -0.2) is 76.8 Å². The van der Waals surface area contributed by atoms with Gasteiger partial charge in [-0.2, -0.15) is 5.10 Å². The molecule has 1 amide bonds. The Morgan fingerprint density at radius 2 is 2.08 bits per heavy atom. The molecule has 1 aliphatic rings. The Bertz CT molecular complexity index is 1550. The molecule has 0 radical (unpaired) electrons. The van der Waals surface area contributed by atoms with E-state index in [4.69, 9.17) is 15.2 Å². The number of carbonyl (C=O) groups excluding carboxylic acids is 1. The normalized spacial score (nSPS) is 17.0. The first-order valence-corrected chi connectivity index (χ1v) is 12.6. The number of aromatic nitrogens is 4. The molecule has 3 heterocycles. The number of hydrogen-bond acceptors (Lipinski definition) is 9. The number of rotatable bonds is 9. The van der Waals surface area contributed by atoms with Gasteiger partial charge in [0.1, 0.15) is 22.8 Å². The maximum atomic E-state index is 15.5. The van der Waals surface area contributed by atoms with E-state index < -0.39 is 17.5 Å². The molecule has 1 fully saturated rings. The smallest absolute Gasteiger partial charge is 0.274 e. The monoisotopic (exact) mass is 553 g/mol. The van der Waals surface area contributed by atoms with E-state index in [-0.39, 0.29) is 52.7 Å². The summed E-state index contributed by atoms with van der Waals surface area (Å²) in [5.41, 5.74) is 7.01. The third-order valence-corrected chi connectivity index (χ3v) is 6.85. The predicted molar refractivity (Wildman–Crippen MR) is 144 cm³/mol. The van der Waals surface area contributed by atoms with Crippen molar-refractivity contribution in [2.75, 3.05) is 44.2 Å².